The summed E-state index contributed by atoms with van der Waals surface area (Å²) < 4.78 is 16.2. The Balaban J connectivity index is 1.72. The van der Waals surface area contributed by atoms with Crippen molar-refractivity contribution in [2.45, 2.75) is 13.3 Å². The highest BCUT2D eigenvalue weighted by molar-refractivity contribution is 6.30. The van der Waals surface area contributed by atoms with Crippen LogP contribution in [0.3, 0.4) is 0 Å². The zero-order valence-electron chi connectivity index (χ0n) is 13.0. The molecule has 0 aliphatic carbocycles. The van der Waals surface area contributed by atoms with Crippen LogP contribution in [0.5, 0.6) is 11.5 Å². The summed E-state index contributed by atoms with van der Waals surface area (Å²) in [5.41, 5.74) is 0.488. The molecule has 0 aliphatic heterocycles. The van der Waals surface area contributed by atoms with Gasteiger partial charge in [-0.3, -0.25) is 0 Å². The molecular weight excluding hydrogens is 316 g/mol. The molecule has 4 nitrogen and oxygen atoms in total. The van der Waals surface area contributed by atoms with Crippen LogP contribution in [0.1, 0.15) is 23.7 Å². The van der Waals surface area contributed by atoms with Gasteiger partial charge in [-0.15, -0.1) is 0 Å². The predicted molar refractivity (Wildman–Crippen MR) is 89.5 cm³/mol. The number of rotatable bonds is 8. The van der Waals surface area contributed by atoms with Crippen molar-refractivity contribution in [3.63, 3.8) is 0 Å². The average molecular weight is 335 g/mol. The van der Waals surface area contributed by atoms with Gasteiger partial charge in [0.2, 0.25) is 0 Å². The van der Waals surface area contributed by atoms with Crippen LogP contribution in [0.15, 0.2) is 48.5 Å². The minimum Gasteiger partial charge on any atom is -0.493 e. The Kier molecular flexibility index (Phi) is 6.76. The minimum atomic E-state index is -0.343. The Hall–Kier alpha value is -2.20. The number of carbonyl (C=O) groups excluding carboxylic acids is 1. The molecule has 0 atom stereocenters. The maximum Gasteiger partial charge on any atom is 0.338 e. The van der Waals surface area contributed by atoms with Crippen molar-refractivity contribution in [3.8, 4) is 11.5 Å². The van der Waals surface area contributed by atoms with Crippen molar-refractivity contribution in [2.24, 2.45) is 0 Å². The SMILES string of the molecule is CCOC(=O)c1cccc(OCCCOc2ccc(Cl)cc2)c1. The Morgan fingerprint density at radius 2 is 1.70 bits per heavy atom. The molecule has 122 valence electrons. The standard InChI is InChI=1S/C18H19ClO4/c1-2-21-18(20)14-5-3-6-17(13-14)23-12-4-11-22-16-9-7-15(19)8-10-16/h3,5-10,13H,2,4,11-12H2,1H3. The second-order valence-corrected chi connectivity index (χ2v) is 5.19. The molecule has 0 fully saturated rings. The third-order valence-electron chi connectivity index (χ3n) is 2.98. The summed E-state index contributed by atoms with van der Waals surface area (Å²) in [7, 11) is 0. The third kappa shape index (κ3) is 5.83. The molecule has 2 aromatic carbocycles. The molecule has 0 saturated carbocycles. The predicted octanol–water partition coefficient (Wildman–Crippen LogP) is 4.36. The van der Waals surface area contributed by atoms with Gasteiger partial charge in [-0.1, -0.05) is 17.7 Å². The normalized spacial score (nSPS) is 10.2. The maximum absolute atomic E-state index is 11.6. The highest BCUT2D eigenvalue weighted by atomic mass is 35.5. The molecular formula is C18H19ClO4. The van der Waals surface area contributed by atoms with Crippen molar-refractivity contribution in [3.05, 3.63) is 59.1 Å². The fourth-order valence-corrected chi connectivity index (χ4v) is 2.02. The summed E-state index contributed by atoms with van der Waals surface area (Å²) in [5, 5.41) is 0.683. The third-order valence-corrected chi connectivity index (χ3v) is 3.24. The second-order valence-electron chi connectivity index (χ2n) is 4.75. The lowest BCUT2D eigenvalue weighted by Crippen LogP contribution is -2.07. The lowest BCUT2D eigenvalue weighted by atomic mass is 10.2. The molecule has 0 aliphatic rings. The van der Waals surface area contributed by atoms with Crippen LogP contribution in [-0.4, -0.2) is 25.8 Å². The molecule has 0 heterocycles. The van der Waals surface area contributed by atoms with Crippen molar-refractivity contribution >= 4 is 17.6 Å². The topological polar surface area (TPSA) is 44.8 Å². The molecule has 23 heavy (non-hydrogen) atoms. The highest BCUT2D eigenvalue weighted by Gasteiger charge is 2.07. The first-order valence-electron chi connectivity index (χ1n) is 7.47. The second kappa shape index (κ2) is 9.06. The average Bonchev–Trinajstić information content (AvgIpc) is 2.57. The lowest BCUT2D eigenvalue weighted by Gasteiger charge is -2.09. The first-order valence-corrected chi connectivity index (χ1v) is 7.85. The molecule has 0 bridgehead atoms. The number of ether oxygens (including phenoxy) is 3. The van der Waals surface area contributed by atoms with Gasteiger partial charge in [0.05, 0.1) is 25.4 Å². The highest BCUT2D eigenvalue weighted by Crippen LogP contribution is 2.16. The van der Waals surface area contributed by atoms with Gasteiger partial charge in [0, 0.05) is 11.4 Å². The zero-order chi connectivity index (χ0) is 16.5. The van der Waals surface area contributed by atoms with Gasteiger partial charge in [-0.2, -0.15) is 0 Å². The van der Waals surface area contributed by atoms with E-state index in [4.69, 9.17) is 25.8 Å². The number of carbonyl (C=O) groups is 1. The number of benzene rings is 2. The first-order chi connectivity index (χ1) is 11.2. The van der Waals surface area contributed by atoms with Crippen LogP contribution in [0.25, 0.3) is 0 Å². The Bertz CT molecular complexity index is 625. The van der Waals surface area contributed by atoms with Crippen molar-refractivity contribution in [1.82, 2.24) is 0 Å². The maximum atomic E-state index is 11.6. The molecule has 5 heteroatoms. The molecule has 0 amide bonds. The van der Waals surface area contributed by atoms with Crippen LogP contribution in [0, 0.1) is 0 Å². The monoisotopic (exact) mass is 334 g/mol. The molecule has 0 radical (unpaired) electrons. The Morgan fingerprint density at radius 3 is 2.39 bits per heavy atom. The molecule has 0 saturated heterocycles. The van der Waals surface area contributed by atoms with Gasteiger partial charge in [-0.05, 0) is 49.4 Å². The quantitative estimate of drug-likeness (QED) is 0.531. The van der Waals surface area contributed by atoms with Crippen LogP contribution in [-0.2, 0) is 4.74 Å². The van der Waals surface area contributed by atoms with Crippen LogP contribution in [0.2, 0.25) is 5.02 Å². The van der Waals surface area contributed by atoms with E-state index in [0.717, 1.165) is 12.2 Å². The number of halogens is 1. The van der Waals surface area contributed by atoms with E-state index in [0.29, 0.717) is 36.2 Å². The van der Waals surface area contributed by atoms with E-state index in [1.54, 1.807) is 37.3 Å². The summed E-state index contributed by atoms with van der Waals surface area (Å²) in [6.07, 6.45) is 0.728. The van der Waals surface area contributed by atoms with Gasteiger partial charge in [0.1, 0.15) is 11.5 Å². The smallest absolute Gasteiger partial charge is 0.338 e. The van der Waals surface area contributed by atoms with Gasteiger partial charge >= 0.3 is 5.97 Å². The lowest BCUT2D eigenvalue weighted by molar-refractivity contribution is 0.0526. The summed E-state index contributed by atoms with van der Waals surface area (Å²) in [4.78, 5) is 11.6. The van der Waals surface area contributed by atoms with E-state index in [2.05, 4.69) is 0 Å². The summed E-state index contributed by atoms with van der Waals surface area (Å²) in [5.74, 6) is 1.07. The van der Waals surface area contributed by atoms with Crippen LogP contribution in [0.4, 0.5) is 0 Å². The van der Waals surface area contributed by atoms with Crippen LogP contribution < -0.4 is 9.47 Å². The van der Waals surface area contributed by atoms with Crippen LogP contribution >= 0.6 is 11.6 Å². The molecule has 0 spiro atoms. The Labute approximate surface area is 140 Å². The van der Waals surface area contributed by atoms with Crippen molar-refractivity contribution in [2.75, 3.05) is 19.8 Å². The van der Waals surface area contributed by atoms with Gasteiger partial charge in [0.25, 0.3) is 0 Å². The molecule has 2 aromatic rings. The van der Waals surface area contributed by atoms with E-state index in [9.17, 15) is 4.79 Å². The summed E-state index contributed by atoms with van der Waals surface area (Å²) in [6, 6.07) is 14.2. The molecule has 2 rings (SSSR count). The van der Waals surface area contributed by atoms with E-state index >= 15 is 0 Å². The largest absolute Gasteiger partial charge is 0.493 e. The summed E-state index contributed by atoms with van der Waals surface area (Å²) >= 11 is 5.81. The fraction of sp³-hybridized carbons (Fsp3) is 0.278. The molecule has 0 N–H and O–H groups in total. The zero-order valence-corrected chi connectivity index (χ0v) is 13.7. The number of hydrogen-bond donors (Lipinski definition) is 0. The number of hydrogen-bond acceptors (Lipinski definition) is 4. The van der Waals surface area contributed by atoms with E-state index < -0.39 is 0 Å². The molecule has 0 unspecified atom stereocenters. The van der Waals surface area contributed by atoms with Crippen molar-refractivity contribution in [1.29, 1.82) is 0 Å². The first kappa shape index (κ1) is 17.2. The van der Waals surface area contributed by atoms with E-state index in [-0.39, 0.29) is 5.97 Å². The molecule has 0 aromatic heterocycles. The van der Waals surface area contributed by atoms with Gasteiger partial charge < -0.3 is 14.2 Å². The van der Waals surface area contributed by atoms with Crippen molar-refractivity contribution < 1.29 is 19.0 Å². The van der Waals surface area contributed by atoms with Gasteiger partial charge in [-0.25, -0.2) is 4.79 Å². The van der Waals surface area contributed by atoms with E-state index in [1.807, 2.05) is 18.2 Å². The fourth-order valence-electron chi connectivity index (χ4n) is 1.90. The summed E-state index contributed by atoms with van der Waals surface area (Å²) in [6.45, 7) is 3.17. The van der Waals surface area contributed by atoms with E-state index in [1.165, 1.54) is 0 Å². The Morgan fingerprint density at radius 1 is 1.00 bits per heavy atom. The number of esters is 1. The van der Waals surface area contributed by atoms with Gasteiger partial charge in [0.15, 0.2) is 0 Å². The minimum absolute atomic E-state index is 0.343.